The van der Waals surface area contributed by atoms with Crippen LogP contribution in [0.2, 0.25) is 0 Å². The van der Waals surface area contributed by atoms with Crippen molar-refractivity contribution in [1.82, 2.24) is 25.3 Å². The van der Waals surface area contributed by atoms with Crippen LogP contribution in [0.1, 0.15) is 75.6 Å². The topological polar surface area (TPSA) is 134 Å². The minimum absolute atomic E-state index is 0.0332. The number of halogens is 1. The molecule has 42 heavy (non-hydrogen) atoms. The molecule has 3 aromatic heterocycles. The number of anilines is 1. The Morgan fingerprint density at radius 2 is 1.76 bits per heavy atom. The van der Waals surface area contributed by atoms with Crippen LogP contribution in [0.3, 0.4) is 0 Å². The van der Waals surface area contributed by atoms with E-state index in [-0.39, 0.29) is 23.1 Å². The third-order valence-electron chi connectivity index (χ3n) is 7.07. The summed E-state index contributed by atoms with van der Waals surface area (Å²) >= 11 is 0. The molecule has 1 saturated carbocycles. The number of pyridine rings is 2. The molecular formula is C32H34FN7O2. The third-order valence-corrected chi connectivity index (χ3v) is 7.07. The number of rotatable bonds is 7. The highest BCUT2D eigenvalue weighted by Crippen LogP contribution is 2.36. The van der Waals surface area contributed by atoms with Gasteiger partial charge in [0, 0.05) is 41.1 Å². The Morgan fingerprint density at radius 1 is 1.05 bits per heavy atom. The quantitative estimate of drug-likeness (QED) is 0.361. The molecule has 0 aliphatic heterocycles. The summed E-state index contributed by atoms with van der Waals surface area (Å²) < 4.78 is 14.9. The molecule has 10 heteroatoms. The monoisotopic (exact) mass is 567 g/mol. The van der Waals surface area contributed by atoms with E-state index < -0.39 is 22.6 Å². The number of nitrogens with one attached hydrogen (secondary N) is 2. The van der Waals surface area contributed by atoms with E-state index in [0.717, 1.165) is 12.8 Å². The number of hydrogen-bond acceptors (Lipinski definition) is 7. The normalized spacial score (nSPS) is 17.9. The number of carbonyl (C=O) groups excluding carboxylic acids is 2. The van der Waals surface area contributed by atoms with E-state index in [9.17, 15) is 19.2 Å². The Labute approximate surface area is 245 Å². The molecule has 5 rings (SSSR count). The third kappa shape index (κ3) is 6.74. The number of allylic oxidation sites excluding steroid dienone is 3. The number of nitriles is 1. The maximum Gasteiger partial charge on any atom is 0.255 e. The smallest absolute Gasteiger partial charge is 0.255 e. The number of carbonyl (C=O) groups is 2. The van der Waals surface area contributed by atoms with Gasteiger partial charge in [0.1, 0.15) is 11.6 Å². The van der Waals surface area contributed by atoms with Gasteiger partial charge in [-0.05, 0) is 75.6 Å². The van der Waals surface area contributed by atoms with E-state index in [4.69, 9.17) is 4.98 Å². The van der Waals surface area contributed by atoms with Gasteiger partial charge in [-0.25, -0.2) is 19.3 Å². The van der Waals surface area contributed by atoms with Crippen molar-refractivity contribution >= 4 is 17.6 Å². The van der Waals surface area contributed by atoms with Gasteiger partial charge in [0.15, 0.2) is 5.82 Å². The van der Waals surface area contributed by atoms with Gasteiger partial charge in [0.2, 0.25) is 5.91 Å². The van der Waals surface area contributed by atoms with Crippen molar-refractivity contribution in [2.24, 2.45) is 5.92 Å². The molecule has 0 saturated heterocycles. The lowest BCUT2D eigenvalue weighted by molar-refractivity contribution is -0.117. The summed E-state index contributed by atoms with van der Waals surface area (Å²) in [5, 5.41) is 14.9. The summed E-state index contributed by atoms with van der Waals surface area (Å²) in [5.41, 5.74) is 0.434. The molecule has 2 N–H and O–H groups in total. The average molecular weight is 568 g/mol. The Bertz CT molecular complexity index is 1600. The van der Waals surface area contributed by atoms with Gasteiger partial charge >= 0.3 is 0 Å². The van der Waals surface area contributed by atoms with E-state index in [1.807, 2.05) is 20.8 Å². The van der Waals surface area contributed by atoms with Gasteiger partial charge in [-0.2, -0.15) is 5.26 Å². The first-order valence-electron chi connectivity index (χ1n) is 14.0. The second-order valence-electron chi connectivity index (χ2n) is 10.8. The summed E-state index contributed by atoms with van der Waals surface area (Å²) in [6.45, 7) is 9.32. The molecule has 1 fully saturated rings. The number of aromatic nitrogens is 4. The van der Waals surface area contributed by atoms with Gasteiger partial charge < -0.3 is 10.6 Å². The van der Waals surface area contributed by atoms with Crippen molar-refractivity contribution in [3.63, 3.8) is 0 Å². The van der Waals surface area contributed by atoms with Gasteiger partial charge in [0.25, 0.3) is 5.91 Å². The number of nitrogens with zero attached hydrogens (tertiary/aromatic N) is 5. The Kier molecular flexibility index (Phi) is 8.90. The van der Waals surface area contributed by atoms with Crippen molar-refractivity contribution < 1.29 is 14.0 Å². The van der Waals surface area contributed by atoms with Crippen molar-refractivity contribution in [2.45, 2.75) is 64.7 Å². The molecule has 0 spiro atoms. The van der Waals surface area contributed by atoms with Crippen LogP contribution in [0.25, 0.3) is 11.4 Å². The average Bonchev–Trinajstić information content (AvgIpc) is 3.86. The zero-order valence-corrected chi connectivity index (χ0v) is 24.4. The first-order chi connectivity index (χ1) is 20.1. The summed E-state index contributed by atoms with van der Waals surface area (Å²) in [6.07, 6.45) is 9.86. The molecule has 1 atom stereocenters. The van der Waals surface area contributed by atoms with Crippen LogP contribution in [0.5, 0.6) is 0 Å². The fraction of sp³-hybridized carbons (Fsp3) is 0.344. The van der Waals surface area contributed by atoms with Crippen LogP contribution in [0, 0.1) is 17.2 Å². The predicted molar refractivity (Wildman–Crippen MR) is 158 cm³/mol. The minimum atomic E-state index is -0.882. The largest absolute Gasteiger partial charge is 0.320 e. The van der Waals surface area contributed by atoms with Crippen molar-refractivity contribution in [3.8, 4) is 17.5 Å². The lowest BCUT2D eigenvalue weighted by Gasteiger charge is -2.29. The summed E-state index contributed by atoms with van der Waals surface area (Å²) in [5.74, 6) is -0.189. The molecule has 3 aromatic rings. The highest BCUT2D eigenvalue weighted by Gasteiger charge is 2.32. The van der Waals surface area contributed by atoms with Gasteiger partial charge in [-0.1, -0.05) is 20.8 Å². The SMILES string of the molecule is CC.CC(C)(C#N)c1cc(C(=O)NC2=CC(C)(c3ccnc(-c4ccnc(NC(=O)C5CC5)c4)n3)CC=C2F)ccn1. The second-order valence-corrected chi connectivity index (χ2v) is 10.8. The fourth-order valence-corrected chi connectivity index (χ4v) is 4.33. The molecule has 3 heterocycles. The van der Waals surface area contributed by atoms with Crippen LogP contribution in [0.4, 0.5) is 10.2 Å². The Morgan fingerprint density at radius 3 is 2.48 bits per heavy atom. The Balaban J connectivity index is 0.00000198. The number of amides is 2. The Hall–Kier alpha value is -4.78. The standard InChI is InChI=1S/C30H28FN7O2.C2H6/c1-29(2,17-32)24-14-20(8-11-33-24)28(40)36-22-16-30(3,10-6-21(22)31)23-9-13-35-26(37-23)19-7-12-34-25(15-19)38-27(39)18-4-5-18;1-2/h6-9,11-16,18H,4-5,10H2,1-3H3,(H,36,40)(H,34,38,39);1-2H3. The van der Waals surface area contributed by atoms with Crippen LogP contribution in [-0.2, 0) is 15.6 Å². The summed E-state index contributed by atoms with van der Waals surface area (Å²) in [6, 6.07) is 10.5. The van der Waals surface area contributed by atoms with E-state index in [1.165, 1.54) is 24.4 Å². The van der Waals surface area contributed by atoms with Crippen LogP contribution in [-0.4, -0.2) is 31.8 Å². The van der Waals surface area contributed by atoms with Crippen molar-refractivity contribution in [3.05, 3.63) is 89.5 Å². The lowest BCUT2D eigenvalue weighted by atomic mass is 9.79. The fourth-order valence-electron chi connectivity index (χ4n) is 4.33. The molecule has 2 aliphatic rings. The molecule has 1 unspecified atom stereocenters. The van der Waals surface area contributed by atoms with E-state index in [0.29, 0.717) is 35.0 Å². The highest BCUT2D eigenvalue weighted by atomic mass is 19.1. The maximum atomic E-state index is 14.9. The van der Waals surface area contributed by atoms with Crippen LogP contribution >= 0.6 is 0 Å². The van der Waals surface area contributed by atoms with Gasteiger partial charge in [-0.15, -0.1) is 0 Å². The first-order valence-corrected chi connectivity index (χ1v) is 14.0. The summed E-state index contributed by atoms with van der Waals surface area (Å²) in [7, 11) is 0. The molecule has 2 aliphatic carbocycles. The molecule has 0 bridgehead atoms. The minimum Gasteiger partial charge on any atom is -0.320 e. The van der Waals surface area contributed by atoms with Gasteiger partial charge in [0.05, 0.1) is 28.6 Å². The van der Waals surface area contributed by atoms with Crippen molar-refractivity contribution in [2.75, 3.05) is 5.32 Å². The lowest BCUT2D eigenvalue weighted by Crippen LogP contribution is -2.30. The molecular weight excluding hydrogens is 533 g/mol. The second kappa shape index (κ2) is 12.4. The molecule has 9 nitrogen and oxygen atoms in total. The zero-order chi connectivity index (χ0) is 30.5. The predicted octanol–water partition coefficient (Wildman–Crippen LogP) is 5.94. The van der Waals surface area contributed by atoms with E-state index in [1.54, 1.807) is 50.5 Å². The first kappa shape index (κ1) is 30.2. The van der Waals surface area contributed by atoms with E-state index >= 15 is 0 Å². The highest BCUT2D eigenvalue weighted by molar-refractivity contribution is 5.96. The molecule has 216 valence electrons. The van der Waals surface area contributed by atoms with Crippen LogP contribution in [0.15, 0.2) is 72.6 Å². The summed E-state index contributed by atoms with van der Waals surface area (Å²) in [4.78, 5) is 42.8. The van der Waals surface area contributed by atoms with E-state index in [2.05, 4.69) is 31.7 Å². The maximum absolute atomic E-state index is 14.9. The molecule has 0 aromatic carbocycles. The number of hydrogen-bond donors (Lipinski definition) is 2. The molecule has 0 radical (unpaired) electrons. The van der Waals surface area contributed by atoms with Gasteiger partial charge in [-0.3, -0.25) is 14.6 Å². The zero-order valence-electron chi connectivity index (χ0n) is 24.4. The molecule has 2 amide bonds. The van der Waals surface area contributed by atoms with Crippen LogP contribution < -0.4 is 10.6 Å². The van der Waals surface area contributed by atoms with Crippen molar-refractivity contribution in [1.29, 1.82) is 5.26 Å².